The van der Waals surface area contributed by atoms with Crippen molar-refractivity contribution >= 4 is 6.71 Å². The lowest BCUT2D eigenvalue weighted by atomic mass is 9.50. The monoisotopic (exact) mass is 328 g/mol. The number of hydrogen-bond donors (Lipinski definition) is 0. The van der Waals surface area contributed by atoms with Gasteiger partial charge in [-0.1, -0.05) is 72.1 Å². The van der Waals surface area contributed by atoms with E-state index in [4.69, 9.17) is 0 Å². The van der Waals surface area contributed by atoms with Crippen LogP contribution >= 0.6 is 0 Å². The maximum Gasteiger partial charge on any atom is 0.00495 e. The first-order valence-corrected chi connectivity index (χ1v) is 10.7. The third kappa shape index (κ3) is 17.5. The summed E-state index contributed by atoms with van der Waals surface area (Å²) < 4.78 is 0. The molecule has 0 fully saturated rings. The Balaban J connectivity index is 4.21. The summed E-state index contributed by atoms with van der Waals surface area (Å²) in [7, 11) is 0. The minimum absolute atomic E-state index is 0.323. The molecule has 1 radical (unpaired) electrons. The van der Waals surface area contributed by atoms with Crippen LogP contribution in [0.3, 0.4) is 0 Å². The molecule has 1 heteroatoms. The lowest BCUT2D eigenvalue weighted by Crippen LogP contribution is -2.02. The molecule has 0 saturated carbocycles. The van der Waals surface area contributed by atoms with Crippen LogP contribution < -0.4 is 0 Å². The van der Waals surface area contributed by atoms with Crippen molar-refractivity contribution < 1.29 is 0 Å². The summed E-state index contributed by atoms with van der Waals surface area (Å²) >= 11 is 0. The summed E-state index contributed by atoms with van der Waals surface area (Å²) in [6.45, 7) is 7.11. The smallest absolute Gasteiger partial charge is 0.00495 e. The highest BCUT2D eigenvalue weighted by atomic mass is 13.9. The van der Waals surface area contributed by atoms with Gasteiger partial charge in [0.05, 0.1) is 0 Å². The second kappa shape index (κ2) is 20.2. The SMILES string of the molecule is CCCCCC#C[B-](/C=C/CCCCCC)/C=C/CCCCCC. The molecule has 24 heavy (non-hydrogen) atoms. The van der Waals surface area contributed by atoms with Crippen molar-refractivity contribution in [1.29, 1.82) is 0 Å². The third-order valence-electron chi connectivity index (χ3n) is 4.31. The highest BCUT2D eigenvalue weighted by molar-refractivity contribution is 6.77. The Morgan fingerprint density at radius 2 is 1.12 bits per heavy atom. The van der Waals surface area contributed by atoms with E-state index in [1.807, 2.05) is 0 Å². The molecule has 0 aliphatic heterocycles. The second-order valence-corrected chi connectivity index (χ2v) is 6.86. The average Bonchev–Trinajstić information content (AvgIpc) is 2.60. The quantitative estimate of drug-likeness (QED) is 0.164. The van der Waals surface area contributed by atoms with Crippen LogP contribution in [0.2, 0.25) is 0 Å². The van der Waals surface area contributed by atoms with E-state index in [1.165, 1.54) is 83.5 Å². The van der Waals surface area contributed by atoms with E-state index < -0.39 is 0 Å². The molecule has 0 aromatic heterocycles. The number of allylic oxidation sites excluding steroid dienone is 2. The van der Waals surface area contributed by atoms with Gasteiger partial charge in [0.2, 0.25) is 0 Å². The Morgan fingerprint density at radius 1 is 0.625 bits per heavy atom. The van der Waals surface area contributed by atoms with Crippen molar-refractivity contribution in [2.24, 2.45) is 0 Å². The summed E-state index contributed by atoms with van der Waals surface area (Å²) in [6.07, 6.45) is 22.7. The Labute approximate surface area is 153 Å². The summed E-state index contributed by atoms with van der Waals surface area (Å²) in [6, 6.07) is 0. The van der Waals surface area contributed by atoms with E-state index in [1.54, 1.807) is 0 Å². The zero-order chi connectivity index (χ0) is 17.7. The van der Waals surface area contributed by atoms with Gasteiger partial charge >= 0.3 is 0 Å². The molecule has 0 aromatic rings. The average molecular weight is 328 g/mol. The van der Waals surface area contributed by atoms with Gasteiger partial charge in [-0.25, -0.2) is 0 Å². The standard InChI is InChI=1S/C23H41B/c1-4-7-10-13-16-19-22-24(21-18-15-12-9-6-3)23-20-17-14-11-8-5-2/h19-20,22-23H,4-17H2,1-3H3/q-1/b22-19+,23-20+. The van der Waals surface area contributed by atoms with Crippen LogP contribution in [0.1, 0.15) is 111 Å². The fourth-order valence-electron chi connectivity index (χ4n) is 2.68. The summed E-state index contributed by atoms with van der Waals surface area (Å²) in [5.41, 5.74) is 0. The van der Waals surface area contributed by atoms with Crippen LogP contribution in [-0.4, -0.2) is 6.71 Å². The summed E-state index contributed by atoms with van der Waals surface area (Å²) in [5, 5.41) is 0. The molecule has 0 aliphatic rings. The normalized spacial score (nSPS) is 11.5. The molecular weight excluding hydrogens is 287 g/mol. The number of rotatable bonds is 15. The maximum atomic E-state index is 3.46. The number of unbranched alkanes of at least 4 members (excludes halogenated alkanes) is 11. The van der Waals surface area contributed by atoms with Gasteiger partial charge in [-0.15, -0.1) is 12.2 Å². The molecule has 0 unspecified atom stereocenters. The molecule has 0 rings (SSSR count). The minimum Gasteiger partial charge on any atom is -0.342 e. The van der Waals surface area contributed by atoms with Gasteiger partial charge in [-0.05, 0) is 38.8 Å². The van der Waals surface area contributed by atoms with Gasteiger partial charge in [-0.3, -0.25) is 12.0 Å². The molecule has 0 bridgehead atoms. The Kier molecular flexibility index (Phi) is 19.4. The summed E-state index contributed by atoms with van der Waals surface area (Å²) in [5.74, 6) is 11.5. The van der Waals surface area contributed by atoms with E-state index in [0.717, 1.165) is 6.42 Å². The van der Waals surface area contributed by atoms with Crippen LogP contribution in [0.15, 0.2) is 24.1 Å². The van der Waals surface area contributed by atoms with Crippen LogP contribution in [0.4, 0.5) is 0 Å². The van der Waals surface area contributed by atoms with E-state index in [0.29, 0.717) is 6.71 Å². The maximum absolute atomic E-state index is 3.46. The topological polar surface area (TPSA) is 0 Å². The third-order valence-corrected chi connectivity index (χ3v) is 4.31. The van der Waals surface area contributed by atoms with Crippen molar-refractivity contribution in [3.8, 4) is 11.7 Å². The van der Waals surface area contributed by atoms with Crippen LogP contribution in [0.5, 0.6) is 0 Å². The lowest BCUT2D eigenvalue weighted by molar-refractivity contribution is 0.674. The largest absolute Gasteiger partial charge is 0.342 e. The Morgan fingerprint density at radius 3 is 1.62 bits per heavy atom. The van der Waals surface area contributed by atoms with E-state index >= 15 is 0 Å². The Hall–Kier alpha value is -0.895. The molecule has 137 valence electrons. The van der Waals surface area contributed by atoms with E-state index in [9.17, 15) is 0 Å². The molecule has 0 atom stereocenters. The molecule has 0 heterocycles. The molecule has 0 aromatic carbocycles. The zero-order valence-electron chi connectivity index (χ0n) is 16.8. The molecule has 0 aliphatic carbocycles. The predicted molar refractivity (Wildman–Crippen MR) is 113 cm³/mol. The molecule has 0 saturated heterocycles. The van der Waals surface area contributed by atoms with Crippen molar-refractivity contribution in [2.45, 2.75) is 111 Å². The van der Waals surface area contributed by atoms with Crippen LogP contribution in [0, 0.1) is 11.7 Å². The van der Waals surface area contributed by atoms with Gasteiger partial charge in [0.1, 0.15) is 0 Å². The first-order chi connectivity index (χ1) is 11.8. The lowest BCUT2D eigenvalue weighted by Gasteiger charge is -2.09. The first kappa shape index (κ1) is 23.1. The highest BCUT2D eigenvalue weighted by Crippen LogP contribution is 2.05. The van der Waals surface area contributed by atoms with Gasteiger partial charge < -0.3 is 5.82 Å². The van der Waals surface area contributed by atoms with Crippen LogP contribution in [-0.2, 0) is 0 Å². The fourth-order valence-corrected chi connectivity index (χ4v) is 2.68. The molecule has 0 N–H and O–H groups in total. The second-order valence-electron chi connectivity index (χ2n) is 6.86. The van der Waals surface area contributed by atoms with E-state index in [2.05, 4.69) is 56.6 Å². The van der Waals surface area contributed by atoms with E-state index in [-0.39, 0.29) is 0 Å². The summed E-state index contributed by atoms with van der Waals surface area (Å²) in [4.78, 5) is 0. The molecule has 0 spiro atoms. The van der Waals surface area contributed by atoms with Gasteiger partial charge in [0, 0.05) is 6.42 Å². The van der Waals surface area contributed by atoms with Crippen molar-refractivity contribution in [1.82, 2.24) is 0 Å². The fraction of sp³-hybridized carbons (Fsp3) is 0.739. The van der Waals surface area contributed by atoms with Gasteiger partial charge in [-0.2, -0.15) is 5.92 Å². The Bertz CT molecular complexity index is 334. The number of hydrogen-bond acceptors (Lipinski definition) is 0. The first-order valence-electron chi connectivity index (χ1n) is 10.7. The van der Waals surface area contributed by atoms with Crippen molar-refractivity contribution in [3.05, 3.63) is 24.1 Å². The molecule has 0 amide bonds. The molecule has 0 nitrogen and oxygen atoms in total. The predicted octanol–water partition coefficient (Wildman–Crippen LogP) is 7.74. The van der Waals surface area contributed by atoms with Crippen molar-refractivity contribution in [3.63, 3.8) is 0 Å². The van der Waals surface area contributed by atoms with Gasteiger partial charge in [0.15, 0.2) is 0 Å². The van der Waals surface area contributed by atoms with Gasteiger partial charge in [0.25, 0.3) is 0 Å². The minimum atomic E-state index is 0.323. The highest BCUT2D eigenvalue weighted by Gasteiger charge is 1.87. The van der Waals surface area contributed by atoms with Crippen molar-refractivity contribution in [2.75, 3.05) is 0 Å². The zero-order valence-corrected chi connectivity index (χ0v) is 16.8. The van der Waals surface area contributed by atoms with Crippen LogP contribution in [0.25, 0.3) is 0 Å². The molecular formula is C23H41B-.